The van der Waals surface area contributed by atoms with Crippen molar-refractivity contribution in [2.75, 3.05) is 12.8 Å². The first-order valence-electron chi connectivity index (χ1n) is 6.21. The van der Waals surface area contributed by atoms with Gasteiger partial charge in [-0.1, -0.05) is 18.2 Å². The third kappa shape index (κ3) is 2.19. The van der Waals surface area contributed by atoms with Crippen LogP contribution in [0.15, 0.2) is 47.1 Å². The lowest BCUT2D eigenvalue weighted by molar-refractivity contribution is 0.185. The van der Waals surface area contributed by atoms with Crippen LogP contribution in [0.2, 0.25) is 0 Å². The van der Waals surface area contributed by atoms with Crippen molar-refractivity contribution >= 4 is 27.4 Å². The summed E-state index contributed by atoms with van der Waals surface area (Å²) in [6, 6.07) is 11.9. The van der Waals surface area contributed by atoms with Gasteiger partial charge in [-0.2, -0.15) is 0 Å². The molecule has 0 spiro atoms. The number of hydrogen-bond acceptors (Lipinski definition) is 3. The number of nitrogens with two attached hydrogens (primary N) is 1. The van der Waals surface area contributed by atoms with Crippen molar-refractivity contribution in [2.45, 2.75) is 6.61 Å². The topological polar surface area (TPSA) is 52.5 Å². The second-order valence-electron chi connectivity index (χ2n) is 4.53. The Hall–Kier alpha value is -1.85. The number of nitrogens with zero attached hydrogens (tertiary/aromatic N) is 2. The number of rotatable bonds is 3. The number of benzene rings is 1. The van der Waals surface area contributed by atoms with Crippen LogP contribution in [-0.4, -0.2) is 16.5 Å². The Labute approximate surface area is 125 Å². The molecule has 2 heterocycles. The van der Waals surface area contributed by atoms with Crippen molar-refractivity contribution in [2.24, 2.45) is 0 Å². The minimum absolute atomic E-state index is 0.574. The van der Waals surface area contributed by atoms with E-state index in [1.807, 2.05) is 40.9 Å². The smallest absolute Gasteiger partial charge is 0.153 e. The second kappa shape index (κ2) is 5.26. The summed E-state index contributed by atoms with van der Waals surface area (Å²) in [5, 5.41) is 0. The molecule has 5 heteroatoms. The molecule has 0 unspecified atom stereocenters. The molecule has 3 aromatic rings. The number of anilines is 1. The molecule has 2 aromatic heterocycles. The third-order valence-corrected chi connectivity index (χ3v) is 3.77. The van der Waals surface area contributed by atoms with Gasteiger partial charge >= 0.3 is 0 Å². The largest absolute Gasteiger partial charge is 0.383 e. The number of ether oxygens (including phenoxy) is 1. The molecule has 0 radical (unpaired) electrons. The first kappa shape index (κ1) is 13.1. The highest BCUT2D eigenvalue weighted by molar-refractivity contribution is 9.10. The normalized spacial score (nSPS) is 11.1. The van der Waals surface area contributed by atoms with Gasteiger partial charge in [0, 0.05) is 18.9 Å². The lowest BCUT2D eigenvalue weighted by Gasteiger charge is -2.03. The number of hydrogen-bond donors (Lipinski definition) is 1. The maximum Gasteiger partial charge on any atom is 0.153 e. The Balaban J connectivity index is 2.17. The van der Waals surface area contributed by atoms with Crippen LogP contribution in [0.25, 0.3) is 16.9 Å². The molecule has 1 aromatic carbocycles. The van der Waals surface area contributed by atoms with Gasteiger partial charge in [0.15, 0.2) is 5.65 Å². The van der Waals surface area contributed by atoms with Crippen LogP contribution in [0.1, 0.15) is 5.56 Å². The fraction of sp³-hybridized carbons (Fsp3) is 0.133. The summed E-state index contributed by atoms with van der Waals surface area (Å²) in [7, 11) is 1.68. The van der Waals surface area contributed by atoms with Crippen molar-refractivity contribution in [3.8, 4) is 11.3 Å². The average Bonchev–Trinajstić information content (AvgIpc) is 2.79. The Kier molecular flexibility index (Phi) is 3.46. The molecular formula is C15H14BrN3O. The van der Waals surface area contributed by atoms with Gasteiger partial charge in [-0.3, -0.25) is 4.40 Å². The van der Waals surface area contributed by atoms with E-state index in [0.29, 0.717) is 12.4 Å². The average molecular weight is 332 g/mol. The molecule has 20 heavy (non-hydrogen) atoms. The van der Waals surface area contributed by atoms with Crippen LogP contribution in [0.4, 0.5) is 5.82 Å². The highest BCUT2D eigenvalue weighted by atomic mass is 79.9. The fourth-order valence-electron chi connectivity index (χ4n) is 2.24. The summed E-state index contributed by atoms with van der Waals surface area (Å²) in [6.45, 7) is 0.574. The predicted octanol–water partition coefficient (Wildman–Crippen LogP) is 3.49. The lowest BCUT2D eigenvalue weighted by Crippen LogP contribution is -1.94. The first-order valence-corrected chi connectivity index (χ1v) is 7.00. The fourth-order valence-corrected chi connectivity index (χ4v) is 2.67. The molecule has 0 bridgehead atoms. The molecule has 0 amide bonds. The van der Waals surface area contributed by atoms with Gasteiger partial charge in [-0.15, -0.1) is 0 Å². The minimum atomic E-state index is 0.574. The second-order valence-corrected chi connectivity index (χ2v) is 5.38. The number of nitrogen functional groups attached to an aromatic ring is 1. The zero-order valence-corrected chi connectivity index (χ0v) is 12.6. The highest BCUT2D eigenvalue weighted by Gasteiger charge is 2.13. The summed E-state index contributed by atoms with van der Waals surface area (Å²) >= 11 is 3.50. The van der Waals surface area contributed by atoms with Crippen LogP contribution < -0.4 is 5.73 Å². The Morgan fingerprint density at radius 1 is 1.30 bits per heavy atom. The number of pyridine rings is 1. The zero-order chi connectivity index (χ0) is 14.1. The van der Waals surface area contributed by atoms with Gasteiger partial charge in [0.2, 0.25) is 0 Å². The van der Waals surface area contributed by atoms with Crippen LogP contribution in [0.3, 0.4) is 0 Å². The summed E-state index contributed by atoms with van der Waals surface area (Å²) in [5.74, 6) is 0.635. The lowest BCUT2D eigenvalue weighted by atomic mass is 10.1. The van der Waals surface area contributed by atoms with Crippen molar-refractivity contribution in [1.82, 2.24) is 9.38 Å². The molecule has 0 aliphatic rings. The van der Waals surface area contributed by atoms with Gasteiger partial charge in [0.05, 0.1) is 11.1 Å². The van der Waals surface area contributed by atoms with Crippen LogP contribution in [0, 0.1) is 0 Å². The van der Waals surface area contributed by atoms with Crippen molar-refractivity contribution in [3.63, 3.8) is 0 Å². The maximum atomic E-state index is 6.21. The first-order chi connectivity index (χ1) is 9.70. The molecule has 0 atom stereocenters. The molecule has 0 fully saturated rings. The number of methoxy groups -OCH3 is 1. The molecule has 0 aliphatic heterocycles. The molecular weight excluding hydrogens is 318 g/mol. The molecule has 0 aliphatic carbocycles. The summed E-state index contributed by atoms with van der Waals surface area (Å²) in [5.41, 5.74) is 9.91. The summed E-state index contributed by atoms with van der Waals surface area (Å²) < 4.78 is 7.96. The van der Waals surface area contributed by atoms with E-state index in [4.69, 9.17) is 10.5 Å². The molecule has 0 saturated carbocycles. The summed E-state index contributed by atoms with van der Waals surface area (Å²) in [6.07, 6.45) is 1.91. The van der Waals surface area contributed by atoms with Gasteiger partial charge in [0.1, 0.15) is 11.5 Å². The van der Waals surface area contributed by atoms with Gasteiger partial charge < -0.3 is 10.5 Å². The maximum absolute atomic E-state index is 6.21. The van der Waals surface area contributed by atoms with Crippen LogP contribution >= 0.6 is 15.9 Å². The SMILES string of the molecule is COCc1cccc(-c2nc3c(Br)cccn3c2N)c1. The molecule has 3 rings (SSSR count). The highest BCUT2D eigenvalue weighted by Crippen LogP contribution is 2.29. The molecule has 102 valence electrons. The molecule has 4 nitrogen and oxygen atoms in total. The van der Waals surface area contributed by atoms with E-state index >= 15 is 0 Å². The van der Waals surface area contributed by atoms with Crippen molar-refractivity contribution in [3.05, 3.63) is 52.6 Å². The van der Waals surface area contributed by atoms with E-state index in [1.165, 1.54) is 0 Å². The minimum Gasteiger partial charge on any atom is -0.383 e. The monoisotopic (exact) mass is 331 g/mol. The Morgan fingerprint density at radius 2 is 2.15 bits per heavy atom. The zero-order valence-electron chi connectivity index (χ0n) is 11.0. The van der Waals surface area contributed by atoms with E-state index < -0.39 is 0 Å². The molecule has 0 saturated heterocycles. The summed E-state index contributed by atoms with van der Waals surface area (Å²) in [4.78, 5) is 4.63. The number of aromatic nitrogens is 2. The van der Waals surface area contributed by atoms with Crippen LogP contribution in [-0.2, 0) is 11.3 Å². The van der Waals surface area contributed by atoms with E-state index in [9.17, 15) is 0 Å². The number of fused-ring (bicyclic) bond motifs is 1. The Morgan fingerprint density at radius 3 is 2.90 bits per heavy atom. The Bertz CT molecular complexity index is 767. The van der Waals surface area contributed by atoms with Crippen molar-refractivity contribution in [1.29, 1.82) is 0 Å². The van der Waals surface area contributed by atoms with E-state index in [2.05, 4.69) is 27.0 Å². The van der Waals surface area contributed by atoms with Gasteiger partial charge in [-0.25, -0.2) is 4.98 Å². The van der Waals surface area contributed by atoms with Gasteiger partial charge in [0.25, 0.3) is 0 Å². The van der Waals surface area contributed by atoms with E-state index in [0.717, 1.165) is 26.9 Å². The quantitative estimate of drug-likeness (QED) is 0.799. The predicted molar refractivity (Wildman–Crippen MR) is 83.5 cm³/mol. The van der Waals surface area contributed by atoms with E-state index in [-0.39, 0.29) is 0 Å². The van der Waals surface area contributed by atoms with Crippen molar-refractivity contribution < 1.29 is 4.74 Å². The number of imidazole rings is 1. The van der Waals surface area contributed by atoms with Crippen LogP contribution in [0.5, 0.6) is 0 Å². The standard InChI is InChI=1S/C15H14BrN3O/c1-20-9-10-4-2-5-11(8-10)13-14(17)19-7-3-6-12(16)15(19)18-13/h2-8H,9,17H2,1H3. The van der Waals surface area contributed by atoms with E-state index in [1.54, 1.807) is 7.11 Å². The number of halogens is 1. The molecule has 2 N–H and O–H groups in total. The third-order valence-electron chi connectivity index (χ3n) is 3.15. The van der Waals surface area contributed by atoms with Gasteiger partial charge in [-0.05, 0) is 39.7 Å².